The minimum absolute atomic E-state index is 0.227. The van der Waals surface area contributed by atoms with Gasteiger partial charge in [0.05, 0.1) is 31.5 Å². The molecule has 0 aromatic carbocycles. The topological polar surface area (TPSA) is 68.7 Å². The molecule has 0 atom stereocenters. The van der Waals surface area contributed by atoms with Gasteiger partial charge in [-0.2, -0.15) is 0 Å². The first kappa shape index (κ1) is 16.1. The number of methoxy groups -OCH3 is 1. The molecule has 1 heterocycles. The Morgan fingerprint density at radius 3 is 2.55 bits per heavy atom. The third-order valence-corrected chi connectivity index (χ3v) is 2.74. The Labute approximate surface area is 118 Å². The average Bonchev–Trinajstić information content (AvgIpc) is 2.46. The van der Waals surface area contributed by atoms with Crippen molar-refractivity contribution in [3.63, 3.8) is 0 Å². The van der Waals surface area contributed by atoms with Crippen LogP contribution in [0.4, 0.5) is 0 Å². The van der Waals surface area contributed by atoms with Crippen molar-refractivity contribution in [1.82, 2.24) is 9.88 Å². The lowest BCUT2D eigenvalue weighted by Gasteiger charge is -2.18. The molecule has 0 saturated carbocycles. The maximum atomic E-state index is 11.4. The molecule has 0 aliphatic rings. The molecule has 0 unspecified atom stereocenters. The summed E-state index contributed by atoms with van der Waals surface area (Å²) in [6.45, 7) is 5.58. The second-order valence-corrected chi connectivity index (χ2v) is 4.14. The lowest BCUT2D eigenvalue weighted by atomic mass is 10.2. The molecule has 20 heavy (non-hydrogen) atoms. The standard InChI is InChI=1S/C14H20N2O4/c1-4-16(10-13(17)20-5-2)9-12-7-6-11(8-15-12)14(18)19-3/h6-8H,4-5,9-10H2,1-3H3. The van der Waals surface area contributed by atoms with E-state index < -0.39 is 5.97 Å². The lowest BCUT2D eigenvalue weighted by molar-refractivity contribution is -0.144. The Kier molecular flexibility index (Phi) is 6.66. The Morgan fingerprint density at radius 2 is 2.05 bits per heavy atom. The first-order valence-corrected chi connectivity index (χ1v) is 6.51. The summed E-state index contributed by atoms with van der Waals surface area (Å²) in [7, 11) is 1.33. The summed E-state index contributed by atoms with van der Waals surface area (Å²) < 4.78 is 9.52. The van der Waals surface area contributed by atoms with Gasteiger partial charge < -0.3 is 9.47 Å². The Hall–Kier alpha value is -1.95. The third kappa shape index (κ3) is 4.97. The van der Waals surface area contributed by atoms with E-state index in [-0.39, 0.29) is 12.5 Å². The largest absolute Gasteiger partial charge is 0.465 e. The van der Waals surface area contributed by atoms with Crippen molar-refractivity contribution in [2.75, 3.05) is 26.8 Å². The molecule has 0 spiro atoms. The maximum absolute atomic E-state index is 11.4. The third-order valence-electron chi connectivity index (χ3n) is 2.74. The van der Waals surface area contributed by atoms with Crippen molar-refractivity contribution in [1.29, 1.82) is 0 Å². The number of carbonyl (C=O) groups is 2. The van der Waals surface area contributed by atoms with E-state index in [1.54, 1.807) is 19.1 Å². The van der Waals surface area contributed by atoms with Crippen LogP contribution < -0.4 is 0 Å². The summed E-state index contributed by atoms with van der Waals surface area (Å²) in [5.74, 6) is -0.663. The van der Waals surface area contributed by atoms with Crippen LogP contribution in [0.5, 0.6) is 0 Å². The van der Waals surface area contributed by atoms with E-state index in [2.05, 4.69) is 9.72 Å². The zero-order valence-electron chi connectivity index (χ0n) is 12.1. The van der Waals surface area contributed by atoms with E-state index in [0.717, 1.165) is 5.69 Å². The van der Waals surface area contributed by atoms with Crippen LogP contribution in [-0.2, 0) is 20.8 Å². The van der Waals surface area contributed by atoms with Gasteiger partial charge >= 0.3 is 11.9 Å². The molecular weight excluding hydrogens is 260 g/mol. The molecule has 0 radical (unpaired) electrons. The van der Waals surface area contributed by atoms with Crippen LogP contribution in [0.2, 0.25) is 0 Å². The maximum Gasteiger partial charge on any atom is 0.339 e. The van der Waals surface area contributed by atoms with Crippen molar-refractivity contribution in [2.24, 2.45) is 0 Å². The number of rotatable bonds is 7. The molecule has 0 aliphatic carbocycles. The van der Waals surface area contributed by atoms with Crippen molar-refractivity contribution in [2.45, 2.75) is 20.4 Å². The van der Waals surface area contributed by atoms with Crippen LogP contribution in [-0.4, -0.2) is 48.6 Å². The Bertz CT molecular complexity index is 445. The van der Waals surface area contributed by atoms with Crippen LogP contribution in [0, 0.1) is 0 Å². The summed E-state index contributed by atoms with van der Waals surface area (Å²) in [4.78, 5) is 28.8. The van der Waals surface area contributed by atoms with Crippen molar-refractivity contribution < 1.29 is 19.1 Å². The number of ether oxygens (including phenoxy) is 2. The SMILES string of the molecule is CCOC(=O)CN(CC)Cc1ccc(C(=O)OC)cn1. The first-order valence-electron chi connectivity index (χ1n) is 6.51. The van der Waals surface area contributed by atoms with Gasteiger partial charge in [-0.3, -0.25) is 14.7 Å². The van der Waals surface area contributed by atoms with Gasteiger partial charge in [0.1, 0.15) is 0 Å². The zero-order chi connectivity index (χ0) is 15.0. The minimum atomic E-state index is -0.414. The highest BCUT2D eigenvalue weighted by Gasteiger charge is 2.12. The highest BCUT2D eigenvalue weighted by atomic mass is 16.5. The van der Waals surface area contributed by atoms with Crippen LogP contribution >= 0.6 is 0 Å². The Balaban J connectivity index is 2.61. The van der Waals surface area contributed by atoms with Gasteiger partial charge in [0.2, 0.25) is 0 Å². The summed E-state index contributed by atoms with van der Waals surface area (Å²) in [5.41, 5.74) is 1.19. The number of esters is 2. The van der Waals surface area contributed by atoms with E-state index in [1.165, 1.54) is 13.3 Å². The second-order valence-electron chi connectivity index (χ2n) is 4.14. The molecular formula is C14H20N2O4. The monoisotopic (exact) mass is 280 g/mol. The molecule has 6 heteroatoms. The van der Waals surface area contributed by atoms with Crippen molar-refractivity contribution in [3.05, 3.63) is 29.6 Å². The van der Waals surface area contributed by atoms with Gasteiger partial charge in [-0.25, -0.2) is 4.79 Å². The summed E-state index contributed by atoms with van der Waals surface area (Å²) >= 11 is 0. The molecule has 0 fully saturated rings. The highest BCUT2D eigenvalue weighted by Crippen LogP contribution is 2.05. The van der Waals surface area contributed by atoms with E-state index in [0.29, 0.717) is 25.3 Å². The van der Waals surface area contributed by atoms with Gasteiger partial charge in [-0.15, -0.1) is 0 Å². The van der Waals surface area contributed by atoms with Crippen molar-refractivity contribution in [3.8, 4) is 0 Å². The zero-order valence-corrected chi connectivity index (χ0v) is 12.1. The predicted molar refractivity (Wildman–Crippen MR) is 73.2 cm³/mol. The molecule has 0 amide bonds. The fraction of sp³-hybridized carbons (Fsp3) is 0.500. The second kappa shape index (κ2) is 8.27. The van der Waals surface area contributed by atoms with E-state index in [4.69, 9.17) is 4.74 Å². The van der Waals surface area contributed by atoms with Crippen LogP contribution in [0.3, 0.4) is 0 Å². The minimum Gasteiger partial charge on any atom is -0.465 e. The molecule has 1 aromatic rings. The molecule has 1 aromatic heterocycles. The highest BCUT2D eigenvalue weighted by molar-refractivity contribution is 5.88. The van der Waals surface area contributed by atoms with Crippen LogP contribution in [0.15, 0.2) is 18.3 Å². The fourth-order valence-electron chi connectivity index (χ4n) is 1.65. The van der Waals surface area contributed by atoms with Crippen molar-refractivity contribution >= 4 is 11.9 Å². The number of pyridine rings is 1. The molecule has 6 nitrogen and oxygen atoms in total. The summed E-state index contributed by atoms with van der Waals surface area (Å²) in [6.07, 6.45) is 1.47. The molecule has 0 N–H and O–H groups in total. The molecule has 0 aliphatic heterocycles. The number of hydrogen-bond donors (Lipinski definition) is 0. The van der Waals surface area contributed by atoms with Gasteiger partial charge in [0.15, 0.2) is 0 Å². The van der Waals surface area contributed by atoms with Gasteiger partial charge in [0.25, 0.3) is 0 Å². The van der Waals surface area contributed by atoms with Gasteiger partial charge in [-0.1, -0.05) is 6.92 Å². The van der Waals surface area contributed by atoms with E-state index >= 15 is 0 Å². The number of nitrogens with zero attached hydrogens (tertiary/aromatic N) is 2. The van der Waals surface area contributed by atoms with Crippen LogP contribution in [0.25, 0.3) is 0 Å². The summed E-state index contributed by atoms with van der Waals surface area (Å²) in [6, 6.07) is 3.41. The predicted octanol–water partition coefficient (Wildman–Crippen LogP) is 1.25. The fourth-order valence-corrected chi connectivity index (χ4v) is 1.65. The first-order chi connectivity index (χ1) is 9.60. The summed E-state index contributed by atoms with van der Waals surface area (Å²) in [5, 5.41) is 0. The lowest BCUT2D eigenvalue weighted by Crippen LogP contribution is -2.30. The average molecular weight is 280 g/mol. The number of carbonyl (C=O) groups excluding carboxylic acids is 2. The quantitative estimate of drug-likeness (QED) is 0.700. The number of hydrogen-bond acceptors (Lipinski definition) is 6. The smallest absolute Gasteiger partial charge is 0.339 e. The Morgan fingerprint density at radius 1 is 1.30 bits per heavy atom. The van der Waals surface area contributed by atoms with E-state index in [1.807, 2.05) is 11.8 Å². The number of likely N-dealkylation sites (N-methyl/N-ethyl adjacent to an activating group) is 1. The molecule has 110 valence electrons. The molecule has 0 saturated heterocycles. The van der Waals surface area contributed by atoms with Crippen LogP contribution in [0.1, 0.15) is 29.9 Å². The van der Waals surface area contributed by atoms with Gasteiger partial charge in [0, 0.05) is 12.7 Å². The molecule has 1 rings (SSSR count). The molecule has 0 bridgehead atoms. The van der Waals surface area contributed by atoms with E-state index in [9.17, 15) is 9.59 Å². The normalized spacial score (nSPS) is 10.4. The van der Waals surface area contributed by atoms with Gasteiger partial charge in [-0.05, 0) is 25.6 Å². The number of aromatic nitrogens is 1.